The van der Waals surface area contributed by atoms with Crippen molar-refractivity contribution < 1.29 is 37.3 Å². The molecule has 0 saturated heterocycles. The van der Waals surface area contributed by atoms with Crippen LogP contribution in [0.5, 0.6) is 0 Å². The zero-order valence-electron chi connectivity index (χ0n) is 46.1. The molecule has 10 heteroatoms. The first-order chi connectivity index (χ1) is 34.4. The van der Waals surface area contributed by atoms with Crippen LogP contribution in [0.4, 0.5) is 0 Å². The van der Waals surface area contributed by atoms with E-state index in [0.29, 0.717) is 23.9 Å². The zero-order chi connectivity index (χ0) is 52.2. The molecule has 0 spiro atoms. The molecule has 0 aliphatic rings. The van der Waals surface area contributed by atoms with Crippen LogP contribution in [0.15, 0.2) is 109 Å². The maximum Gasteiger partial charge on any atom is 0.306 e. The smallest absolute Gasteiger partial charge is 0.306 e. The van der Waals surface area contributed by atoms with Crippen molar-refractivity contribution in [3.8, 4) is 0 Å². The maximum absolute atomic E-state index is 13.5. The molecule has 3 unspecified atom stereocenters. The number of phosphoric ester groups is 1. The minimum Gasteiger partial charge on any atom is -0.756 e. The fraction of sp³-hybridized carbons (Fsp3) is 0.672. The number of nitrogens with zero attached hydrogens (tertiary/aromatic N) is 1. The summed E-state index contributed by atoms with van der Waals surface area (Å²) in [6, 6.07) is -0.929. The van der Waals surface area contributed by atoms with Gasteiger partial charge in [-0.3, -0.25) is 14.2 Å². The molecule has 0 bridgehead atoms. The number of quaternary nitrogens is 1. The molecule has 0 aromatic carbocycles. The van der Waals surface area contributed by atoms with Gasteiger partial charge in [0.25, 0.3) is 7.82 Å². The molecule has 71 heavy (non-hydrogen) atoms. The largest absolute Gasteiger partial charge is 0.756 e. The van der Waals surface area contributed by atoms with Crippen LogP contribution >= 0.6 is 7.82 Å². The third kappa shape index (κ3) is 51.4. The van der Waals surface area contributed by atoms with E-state index in [2.05, 4.69) is 123 Å². The van der Waals surface area contributed by atoms with Gasteiger partial charge in [-0.25, -0.2) is 0 Å². The highest BCUT2D eigenvalue weighted by Gasteiger charge is 2.27. The van der Waals surface area contributed by atoms with E-state index in [9.17, 15) is 19.0 Å². The molecule has 1 N–H and O–H groups in total. The van der Waals surface area contributed by atoms with E-state index in [0.717, 1.165) is 96.3 Å². The highest BCUT2D eigenvalue weighted by molar-refractivity contribution is 7.45. The van der Waals surface area contributed by atoms with E-state index in [1.54, 1.807) is 6.08 Å². The predicted molar refractivity (Wildman–Crippen MR) is 302 cm³/mol. The van der Waals surface area contributed by atoms with Crippen LogP contribution in [-0.4, -0.2) is 69.4 Å². The summed E-state index contributed by atoms with van der Waals surface area (Å²) in [7, 11) is 1.12. The van der Waals surface area contributed by atoms with Crippen LogP contribution < -0.4 is 10.2 Å². The van der Waals surface area contributed by atoms with Gasteiger partial charge in [0.2, 0.25) is 5.91 Å². The van der Waals surface area contributed by atoms with Gasteiger partial charge in [-0.1, -0.05) is 201 Å². The highest BCUT2D eigenvalue weighted by atomic mass is 31.2. The molecule has 3 atom stereocenters. The van der Waals surface area contributed by atoms with Gasteiger partial charge in [0, 0.05) is 12.8 Å². The minimum atomic E-state index is -4.72. The minimum absolute atomic E-state index is 0.0415. The lowest BCUT2D eigenvalue weighted by Gasteiger charge is -2.30. The van der Waals surface area contributed by atoms with Crippen molar-refractivity contribution in [2.45, 2.75) is 226 Å². The monoisotopic (exact) mass is 1010 g/mol. The van der Waals surface area contributed by atoms with Crippen molar-refractivity contribution in [2.24, 2.45) is 0 Å². The number of phosphoric acid groups is 1. The molecule has 0 aliphatic carbocycles. The van der Waals surface area contributed by atoms with E-state index in [1.807, 2.05) is 27.2 Å². The number of ether oxygens (including phenoxy) is 1. The number of carbonyl (C=O) groups excluding carboxylic acids is 2. The van der Waals surface area contributed by atoms with E-state index in [1.165, 1.54) is 70.6 Å². The Labute approximate surface area is 436 Å². The Morgan fingerprint density at radius 1 is 0.507 bits per heavy atom. The summed E-state index contributed by atoms with van der Waals surface area (Å²) in [5.41, 5.74) is 0. The fourth-order valence-corrected chi connectivity index (χ4v) is 8.05. The Morgan fingerprint density at radius 3 is 1.41 bits per heavy atom. The van der Waals surface area contributed by atoms with Crippen LogP contribution in [0.25, 0.3) is 0 Å². The average molecular weight is 1010 g/mol. The second-order valence-electron chi connectivity index (χ2n) is 19.7. The van der Waals surface area contributed by atoms with E-state index in [4.69, 9.17) is 13.8 Å². The summed E-state index contributed by atoms with van der Waals surface area (Å²) in [6.45, 7) is 6.61. The predicted octanol–water partition coefficient (Wildman–Crippen LogP) is 16.4. The van der Waals surface area contributed by atoms with E-state index >= 15 is 0 Å². The summed E-state index contributed by atoms with van der Waals surface area (Å²) in [6.07, 6.45) is 67.8. The molecule has 0 aromatic heterocycles. The van der Waals surface area contributed by atoms with Crippen molar-refractivity contribution in [3.05, 3.63) is 109 Å². The molecule has 0 aliphatic heterocycles. The fourth-order valence-electron chi connectivity index (χ4n) is 7.33. The lowest BCUT2D eigenvalue weighted by atomic mass is 10.1. The normalized spacial score (nSPS) is 14.6. The van der Waals surface area contributed by atoms with Gasteiger partial charge < -0.3 is 28.5 Å². The number of carbonyl (C=O) groups is 2. The number of amides is 1. The van der Waals surface area contributed by atoms with Crippen LogP contribution in [0, 0.1) is 0 Å². The summed E-state index contributed by atoms with van der Waals surface area (Å²) in [4.78, 5) is 39.8. The molecule has 0 aromatic rings. The third-order valence-electron chi connectivity index (χ3n) is 11.7. The molecule has 0 fully saturated rings. The van der Waals surface area contributed by atoms with Crippen molar-refractivity contribution in [2.75, 3.05) is 40.9 Å². The Hall–Kier alpha value is -3.33. The first-order valence-corrected chi connectivity index (χ1v) is 29.7. The Morgan fingerprint density at radius 2 is 0.915 bits per heavy atom. The van der Waals surface area contributed by atoms with E-state index < -0.39 is 32.5 Å². The molecule has 0 saturated carbocycles. The molecular weight excluding hydrogens is 904 g/mol. The van der Waals surface area contributed by atoms with Crippen molar-refractivity contribution in [3.63, 3.8) is 0 Å². The number of unbranched alkanes of at least 4 members (excludes halogenated alkanes) is 17. The number of hydrogen-bond donors (Lipinski definition) is 1. The van der Waals surface area contributed by atoms with Gasteiger partial charge in [0.1, 0.15) is 19.3 Å². The van der Waals surface area contributed by atoms with E-state index in [-0.39, 0.29) is 25.4 Å². The van der Waals surface area contributed by atoms with Crippen molar-refractivity contribution in [1.29, 1.82) is 0 Å². The molecular formula is C61H105N2O7P. The lowest BCUT2D eigenvalue weighted by Crippen LogP contribution is -2.47. The Bertz CT molecular complexity index is 1580. The van der Waals surface area contributed by atoms with Gasteiger partial charge in [-0.15, -0.1) is 0 Å². The first kappa shape index (κ1) is 67.7. The number of nitrogens with one attached hydrogen (secondary N) is 1. The van der Waals surface area contributed by atoms with Crippen LogP contribution in [0.1, 0.15) is 213 Å². The average Bonchev–Trinajstić information content (AvgIpc) is 3.33. The Balaban J connectivity index is 5.48. The van der Waals surface area contributed by atoms with Gasteiger partial charge >= 0.3 is 5.97 Å². The molecule has 0 radical (unpaired) electrons. The van der Waals surface area contributed by atoms with Crippen LogP contribution in [0.3, 0.4) is 0 Å². The first-order valence-electron chi connectivity index (χ1n) is 28.2. The molecule has 9 nitrogen and oxygen atoms in total. The number of esters is 1. The second kappa shape index (κ2) is 50.2. The topological polar surface area (TPSA) is 114 Å². The van der Waals surface area contributed by atoms with Crippen molar-refractivity contribution in [1.82, 2.24) is 5.32 Å². The second-order valence-corrected chi connectivity index (χ2v) is 21.1. The van der Waals surface area contributed by atoms with Crippen molar-refractivity contribution >= 4 is 19.7 Å². The summed E-state index contributed by atoms with van der Waals surface area (Å²) in [5.74, 6) is -0.645. The zero-order valence-corrected chi connectivity index (χ0v) is 47.0. The molecule has 1 amide bonds. The van der Waals surface area contributed by atoms with Gasteiger partial charge in [0.05, 0.1) is 33.8 Å². The molecule has 0 heterocycles. The van der Waals surface area contributed by atoms with Crippen LogP contribution in [-0.2, 0) is 27.9 Å². The summed E-state index contributed by atoms with van der Waals surface area (Å²) >= 11 is 0. The molecule has 406 valence electrons. The summed E-state index contributed by atoms with van der Waals surface area (Å²) in [5, 5.41) is 2.99. The quantitative estimate of drug-likeness (QED) is 0.0212. The number of likely N-dealkylation sites (N-methyl/N-ethyl adjacent to an activating group) is 1. The maximum atomic E-state index is 13.5. The lowest BCUT2D eigenvalue weighted by molar-refractivity contribution is -0.870. The van der Waals surface area contributed by atoms with Gasteiger partial charge in [-0.2, -0.15) is 0 Å². The molecule has 0 rings (SSSR count). The Kier molecular flexibility index (Phi) is 47.9. The third-order valence-corrected chi connectivity index (χ3v) is 12.7. The highest BCUT2D eigenvalue weighted by Crippen LogP contribution is 2.38. The number of hydrogen-bond acceptors (Lipinski definition) is 7. The van der Waals surface area contributed by atoms with Gasteiger partial charge in [0.15, 0.2) is 0 Å². The SMILES string of the molecule is CC/C=C\C/C=C\C/C=C\C/C=C\C/C=C\CCCC(=O)OC(/C=C/CCCCCCCCCCC)C(COP(=O)([O-])OCC[N+](C)(C)C)NC(=O)CCCCCC/C=C\C/C=C\C/C=C\CCCCC. The van der Waals surface area contributed by atoms with Gasteiger partial charge in [-0.05, 0) is 109 Å². The number of rotatable bonds is 49. The standard InChI is InChI=1S/C61H105N2O7P/c1-7-10-13-16-19-22-25-27-29-31-33-35-38-41-44-47-50-53-60(64)62-58(57-69-71(66,67)68-56-55-63(4,5)6)59(52-49-46-43-40-37-24-21-18-15-12-9-3)70-61(65)54-51-48-45-42-39-36-34-32-30-28-26-23-20-17-14-11-8-2/h11,14,19-20,22-23,27-30,33-36,42,45,49,52,58-59H,7-10,12-13,15-18,21,24-26,31-32,37-41,43-44,46-48,50-51,53-57H2,1-6H3,(H-,62,64,66,67)/b14-11-,22-19-,23-20-,29-27-,30-28-,35-33-,36-34-,45-42-,52-49+. The summed E-state index contributed by atoms with van der Waals surface area (Å²) < 4.78 is 30.1. The number of allylic oxidation sites excluding steroid dienone is 17. The van der Waals surface area contributed by atoms with Crippen LogP contribution in [0.2, 0.25) is 0 Å².